The molecule has 0 aliphatic heterocycles. The number of nitrogens with zero attached hydrogens (tertiary/aromatic N) is 1. The molecular formula is C14H15N3O3. The molecule has 6 heteroatoms. The number of aromatic nitrogens is 1. The highest BCUT2D eigenvalue weighted by atomic mass is 16.3. The molecule has 1 aromatic heterocycles. The van der Waals surface area contributed by atoms with Crippen LogP contribution in [0.15, 0.2) is 24.3 Å². The van der Waals surface area contributed by atoms with Crippen molar-refractivity contribution in [2.24, 2.45) is 0 Å². The molecule has 0 saturated carbocycles. The van der Waals surface area contributed by atoms with E-state index in [4.69, 9.17) is 11.5 Å². The molecule has 0 unspecified atom stereocenters. The lowest BCUT2D eigenvalue weighted by atomic mass is 10.1. The molecule has 3 aromatic rings. The van der Waals surface area contributed by atoms with Crippen molar-refractivity contribution >= 4 is 33.2 Å². The first-order valence-corrected chi connectivity index (χ1v) is 6.18. The number of nitrogen functional groups attached to an aromatic ring is 2. The van der Waals surface area contributed by atoms with Gasteiger partial charge in [0.15, 0.2) is 0 Å². The fourth-order valence-corrected chi connectivity index (χ4v) is 2.61. The summed E-state index contributed by atoms with van der Waals surface area (Å²) >= 11 is 0. The maximum atomic E-state index is 10.2. The molecule has 6 nitrogen and oxygen atoms in total. The molecule has 7 N–H and O–H groups in total. The SMILES string of the molecule is Nc1ccc2c(c1O)c1c(O)c(N)ccc1n2CCO. The summed E-state index contributed by atoms with van der Waals surface area (Å²) in [7, 11) is 0. The van der Waals surface area contributed by atoms with Gasteiger partial charge in [-0.05, 0) is 24.3 Å². The van der Waals surface area contributed by atoms with Crippen LogP contribution in [-0.2, 0) is 6.54 Å². The third-order valence-electron chi connectivity index (χ3n) is 3.53. The molecule has 0 aliphatic rings. The normalized spacial score (nSPS) is 11.4. The van der Waals surface area contributed by atoms with Crippen molar-refractivity contribution in [3.8, 4) is 11.5 Å². The lowest BCUT2D eigenvalue weighted by molar-refractivity contribution is 0.280. The van der Waals surface area contributed by atoms with E-state index in [1.54, 1.807) is 24.3 Å². The Labute approximate surface area is 114 Å². The molecule has 1 heterocycles. The number of aliphatic hydroxyl groups is 1. The van der Waals surface area contributed by atoms with Crippen LogP contribution in [0.1, 0.15) is 0 Å². The van der Waals surface area contributed by atoms with E-state index in [2.05, 4.69) is 0 Å². The fraction of sp³-hybridized carbons (Fsp3) is 0.143. The highest BCUT2D eigenvalue weighted by Crippen LogP contribution is 2.43. The van der Waals surface area contributed by atoms with E-state index in [9.17, 15) is 15.3 Å². The van der Waals surface area contributed by atoms with Crippen molar-refractivity contribution in [1.29, 1.82) is 0 Å². The molecule has 0 amide bonds. The van der Waals surface area contributed by atoms with E-state index in [1.807, 2.05) is 4.57 Å². The Morgan fingerprint density at radius 1 is 0.850 bits per heavy atom. The Hall–Kier alpha value is -2.60. The summed E-state index contributed by atoms with van der Waals surface area (Å²) in [6.07, 6.45) is 0. The summed E-state index contributed by atoms with van der Waals surface area (Å²) in [4.78, 5) is 0. The summed E-state index contributed by atoms with van der Waals surface area (Å²) in [6.45, 7) is 0.280. The average Bonchev–Trinajstić information content (AvgIpc) is 2.74. The van der Waals surface area contributed by atoms with Crippen molar-refractivity contribution in [2.75, 3.05) is 18.1 Å². The first-order chi connectivity index (χ1) is 9.56. The standard InChI is InChI=1S/C14H15N3O3/c15-7-1-3-9-11(13(7)19)12-10(17(9)5-6-18)4-2-8(16)14(12)20/h1-4,18-20H,5-6,15-16H2. The number of benzene rings is 2. The van der Waals surface area contributed by atoms with Gasteiger partial charge in [0.1, 0.15) is 11.5 Å². The number of hydrogen-bond donors (Lipinski definition) is 5. The van der Waals surface area contributed by atoms with Crippen LogP contribution < -0.4 is 11.5 Å². The van der Waals surface area contributed by atoms with Gasteiger partial charge in [-0.1, -0.05) is 0 Å². The smallest absolute Gasteiger partial charge is 0.148 e. The minimum atomic E-state index is -0.0925. The van der Waals surface area contributed by atoms with Crippen LogP contribution in [0.25, 0.3) is 21.8 Å². The predicted octanol–water partition coefficient (Wildman–Crippen LogP) is 1.36. The third-order valence-corrected chi connectivity index (χ3v) is 3.53. The molecule has 20 heavy (non-hydrogen) atoms. The number of anilines is 2. The Morgan fingerprint density at radius 3 is 1.70 bits per heavy atom. The molecule has 0 radical (unpaired) electrons. The maximum absolute atomic E-state index is 10.2. The van der Waals surface area contributed by atoms with Crippen molar-refractivity contribution in [3.63, 3.8) is 0 Å². The van der Waals surface area contributed by atoms with Crippen molar-refractivity contribution in [1.82, 2.24) is 4.57 Å². The van der Waals surface area contributed by atoms with Crippen LogP contribution in [0, 0.1) is 0 Å². The van der Waals surface area contributed by atoms with Gasteiger partial charge in [-0.25, -0.2) is 0 Å². The predicted molar refractivity (Wildman–Crippen MR) is 78.7 cm³/mol. The van der Waals surface area contributed by atoms with E-state index in [1.165, 1.54) is 0 Å². The fourth-order valence-electron chi connectivity index (χ4n) is 2.61. The van der Waals surface area contributed by atoms with E-state index < -0.39 is 0 Å². The second kappa shape index (κ2) is 4.21. The van der Waals surface area contributed by atoms with Crippen LogP contribution in [-0.4, -0.2) is 26.5 Å². The van der Waals surface area contributed by atoms with Gasteiger partial charge in [0.2, 0.25) is 0 Å². The minimum absolute atomic E-state index is 0.0604. The molecule has 0 atom stereocenters. The van der Waals surface area contributed by atoms with Gasteiger partial charge in [-0.2, -0.15) is 0 Å². The van der Waals surface area contributed by atoms with Gasteiger partial charge in [-0.15, -0.1) is 0 Å². The summed E-state index contributed by atoms with van der Waals surface area (Å²) in [5, 5.41) is 30.5. The van der Waals surface area contributed by atoms with Crippen molar-refractivity contribution in [2.45, 2.75) is 6.54 Å². The number of aliphatic hydroxyl groups excluding tert-OH is 1. The maximum Gasteiger partial charge on any atom is 0.148 e. The molecule has 0 aliphatic carbocycles. The molecule has 0 saturated heterocycles. The lowest BCUT2D eigenvalue weighted by Crippen LogP contribution is -2.01. The van der Waals surface area contributed by atoms with Crippen LogP contribution in [0.3, 0.4) is 0 Å². The first kappa shape index (κ1) is 12.4. The van der Waals surface area contributed by atoms with Crippen molar-refractivity contribution < 1.29 is 15.3 Å². The van der Waals surface area contributed by atoms with Gasteiger partial charge >= 0.3 is 0 Å². The molecule has 2 aromatic carbocycles. The van der Waals surface area contributed by atoms with Crippen LogP contribution >= 0.6 is 0 Å². The van der Waals surface area contributed by atoms with Gasteiger partial charge in [0, 0.05) is 6.54 Å². The molecule has 0 fully saturated rings. The number of aromatic hydroxyl groups is 2. The van der Waals surface area contributed by atoms with E-state index in [0.717, 1.165) is 0 Å². The Kier molecular flexibility index (Phi) is 2.62. The number of fused-ring (bicyclic) bond motifs is 3. The van der Waals surface area contributed by atoms with Crippen LogP contribution in [0.4, 0.5) is 11.4 Å². The van der Waals surface area contributed by atoms with Crippen molar-refractivity contribution in [3.05, 3.63) is 24.3 Å². The molecule has 0 spiro atoms. The van der Waals surface area contributed by atoms with E-state index in [-0.39, 0.29) is 29.5 Å². The molecule has 3 rings (SSSR count). The summed E-state index contributed by atoms with van der Waals surface area (Å²) < 4.78 is 1.81. The highest BCUT2D eigenvalue weighted by Gasteiger charge is 2.19. The average molecular weight is 273 g/mol. The summed E-state index contributed by atoms with van der Waals surface area (Å²) in [5.74, 6) is -0.185. The molecule has 104 valence electrons. The first-order valence-electron chi connectivity index (χ1n) is 6.18. The molecular weight excluding hydrogens is 258 g/mol. The number of phenolic OH excluding ortho intramolecular Hbond substituents is 2. The number of hydrogen-bond acceptors (Lipinski definition) is 5. The zero-order valence-corrected chi connectivity index (χ0v) is 10.7. The van der Waals surface area contributed by atoms with E-state index >= 15 is 0 Å². The Bertz CT molecular complexity index is 758. The second-order valence-electron chi connectivity index (χ2n) is 4.67. The number of phenols is 2. The number of rotatable bonds is 2. The second-order valence-corrected chi connectivity index (χ2v) is 4.67. The van der Waals surface area contributed by atoms with Gasteiger partial charge < -0.3 is 31.4 Å². The lowest BCUT2D eigenvalue weighted by Gasteiger charge is -2.05. The minimum Gasteiger partial charge on any atom is -0.505 e. The molecule has 0 bridgehead atoms. The van der Waals surface area contributed by atoms with Crippen LogP contribution in [0.5, 0.6) is 11.5 Å². The van der Waals surface area contributed by atoms with Gasteiger partial charge in [0.25, 0.3) is 0 Å². The quantitative estimate of drug-likeness (QED) is 0.357. The third kappa shape index (κ3) is 1.48. The zero-order chi connectivity index (χ0) is 14.4. The Balaban J connectivity index is 2.60. The number of nitrogens with two attached hydrogens (primary N) is 2. The summed E-state index contributed by atoms with van der Waals surface area (Å²) in [6, 6.07) is 6.67. The summed E-state index contributed by atoms with van der Waals surface area (Å²) in [5.41, 5.74) is 13.3. The largest absolute Gasteiger partial charge is 0.505 e. The highest BCUT2D eigenvalue weighted by molar-refractivity contribution is 6.16. The monoisotopic (exact) mass is 273 g/mol. The Morgan fingerprint density at radius 2 is 1.30 bits per heavy atom. The topological polar surface area (TPSA) is 118 Å². The van der Waals surface area contributed by atoms with Crippen LogP contribution in [0.2, 0.25) is 0 Å². The van der Waals surface area contributed by atoms with Gasteiger partial charge in [0.05, 0.1) is 39.8 Å². The zero-order valence-electron chi connectivity index (χ0n) is 10.7. The van der Waals surface area contributed by atoms with Gasteiger partial charge in [-0.3, -0.25) is 0 Å². The van der Waals surface area contributed by atoms with E-state index in [0.29, 0.717) is 28.4 Å².